The SMILES string of the molecule is Nc1ccc(C(=O)N2CCN(C3CCOCC3)CC(C(=O)O)C2)cn1. The monoisotopic (exact) mass is 348 g/mol. The summed E-state index contributed by atoms with van der Waals surface area (Å²) in [6, 6.07) is 3.53. The van der Waals surface area contributed by atoms with Gasteiger partial charge in [-0.05, 0) is 25.0 Å². The molecule has 2 saturated heterocycles. The first-order valence-electron chi connectivity index (χ1n) is 8.60. The number of pyridine rings is 1. The van der Waals surface area contributed by atoms with Gasteiger partial charge in [-0.25, -0.2) is 4.98 Å². The van der Waals surface area contributed by atoms with E-state index in [1.165, 1.54) is 6.20 Å². The third-order valence-electron chi connectivity index (χ3n) is 4.93. The molecule has 0 saturated carbocycles. The summed E-state index contributed by atoms with van der Waals surface area (Å²) < 4.78 is 5.40. The standard InChI is InChI=1S/C17H24N4O4/c18-15-2-1-12(9-19-15)16(22)21-6-5-20(10-13(11-21)17(23)24)14-3-7-25-8-4-14/h1-2,9,13-14H,3-8,10-11H2,(H2,18,19)(H,23,24). The van der Waals surface area contributed by atoms with Crippen LogP contribution >= 0.6 is 0 Å². The van der Waals surface area contributed by atoms with Crippen molar-refractivity contribution in [1.82, 2.24) is 14.8 Å². The van der Waals surface area contributed by atoms with Crippen molar-refractivity contribution in [3.63, 3.8) is 0 Å². The minimum absolute atomic E-state index is 0.201. The summed E-state index contributed by atoms with van der Waals surface area (Å²) in [7, 11) is 0. The molecule has 0 spiro atoms. The average Bonchev–Trinajstić information content (AvgIpc) is 2.86. The first-order chi connectivity index (χ1) is 12.0. The van der Waals surface area contributed by atoms with Crippen LogP contribution in [-0.4, -0.2) is 77.2 Å². The largest absolute Gasteiger partial charge is 0.481 e. The van der Waals surface area contributed by atoms with Gasteiger partial charge < -0.3 is 20.5 Å². The van der Waals surface area contributed by atoms with Crippen LogP contribution in [0.4, 0.5) is 5.82 Å². The molecule has 0 bridgehead atoms. The number of aromatic nitrogens is 1. The lowest BCUT2D eigenvalue weighted by atomic mass is 10.0. The maximum absolute atomic E-state index is 12.7. The second-order valence-electron chi connectivity index (χ2n) is 6.60. The molecule has 136 valence electrons. The van der Waals surface area contributed by atoms with E-state index in [0.717, 1.165) is 12.8 Å². The molecular weight excluding hydrogens is 324 g/mol. The van der Waals surface area contributed by atoms with Gasteiger partial charge in [0.25, 0.3) is 5.91 Å². The number of hydrogen-bond donors (Lipinski definition) is 2. The number of hydrogen-bond acceptors (Lipinski definition) is 6. The molecular formula is C17H24N4O4. The summed E-state index contributed by atoms with van der Waals surface area (Å²) in [6.45, 7) is 3.26. The van der Waals surface area contributed by atoms with Gasteiger partial charge in [0, 0.05) is 51.6 Å². The molecule has 0 radical (unpaired) electrons. The number of ether oxygens (including phenoxy) is 1. The van der Waals surface area contributed by atoms with Crippen LogP contribution in [0.1, 0.15) is 23.2 Å². The third-order valence-corrected chi connectivity index (χ3v) is 4.93. The molecule has 2 aliphatic heterocycles. The van der Waals surface area contributed by atoms with E-state index in [4.69, 9.17) is 10.5 Å². The molecule has 3 N–H and O–H groups in total. The average molecular weight is 348 g/mol. The fourth-order valence-corrected chi connectivity index (χ4v) is 3.48. The molecule has 2 aliphatic rings. The molecule has 1 unspecified atom stereocenters. The van der Waals surface area contributed by atoms with Crippen molar-refractivity contribution in [2.45, 2.75) is 18.9 Å². The van der Waals surface area contributed by atoms with Crippen LogP contribution in [0.15, 0.2) is 18.3 Å². The molecule has 0 aromatic carbocycles. The normalized spacial score (nSPS) is 23.2. The van der Waals surface area contributed by atoms with Crippen LogP contribution in [0.3, 0.4) is 0 Å². The van der Waals surface area contributed by atoms with E-state index in [1.54, 1.807) is 17.0 Å². The van der Waals surface area contributed by atoms with Gasteiger partial charge in [0.1, 0.15) is 5.82 Å². The first kappa shape index (κ1) is 17.6. The fraction of sp³-hybridized carbons (Fsp3) is 0.588. The Morgan fingerprint density at radius 1 is 1.20 bits per heavy atom. The molecule has 2 fully saturated rings. The summed E-state index contributed by atoms with van der Waals surface area (Å²) >= 11 is 0. The topological polar surface area (TPSA) is 109 Å². The zero-order valence-corrected chi connectivity index (χ0v) is 14.1. The number of nitrogen functional groups attached to an aromatic ring is 1. The highest BCUT2D eigenvalue weighted by Gasteiger charge is 2.33. The summed E-state index contributed by atoms with van der Waals surface area (Å²) in [6.07, 6.45) is 3.25. The Labute approximate surface area is 146 Å². The number of nitrogens with zero attached hydrogens (tertiary/aromatic N) is 3. The van der Waals surface area contributed by atoms with Crippen LogP contribution in [0, 0.1) is 5.92 Å². The maximum atomic E-state index is 12.7. The van der Waals surface area contributed by atoms with Gasteiger partial charge in [-0.15, -0.1) is 0 Å². The minimum Gasteiger partial charge on any atom is -0.481 e. The number of rotatable bonds is 3. The number of carboxylic acids is 1. The number of carbonyl (C=O) groups excluding carboxylic acids is 1. The number of carboxylic acid groups (broad SMARTS) is 1. The van der Waals surface area contributed by atoms with Crippen LogP contribution < -0.4 is 5.73 Å². The van der Waals surface area contributed by atoms with E-state index >= 15 is 0 Å². The number of nitrogens with two attached hydrogens (primary N) is 1. The lowest BCUT2D eigenvalue weighted by Gasteiger charge is -2.34. The molecule has 1 aromatic rings. The van der Waals surface area contributed by atoms with Crippen LogP contribution in [-0.2, 0) is 9.53 Å². The highest BCUT2D eigenvalue weighted by molar-refractivity contribution is 5.94. The van der Waals surface area contributed by atoms with Crippen molar-refractivity contribution in [3.8, 4) is 0 Å². The van der Waals surface area contributed by atoms with Crippen molar-refractivity contribution in [3.05, 3.63) is 23.9 Å². The van der Waals surface area contributed by atoms with Gasteiger partial charge in [0.2, 0.25) is 0 Å². The third kappa shape index (κ3) is 4.26. The fourth-order valence-electron chi connectivity index (χ4n) is 3.48. The lowest BCUT2D eigenvalue weighted by molar-refractivity contribution is -0.142. The number of anilines is 1. The summed E-state index contributed by atoms with van der Waals surface area (Å²) in [4.78, 5) is 32.2. The molecule has 3 heterocycles. The summed E-state index contributed by atoms with van der Waals surface area (Å²) in [5, 5.41) is 9.57. The Kier molecular flexibility index (Phi) is 5.50. The van der Waals surface area contributed by atoms with Gasteiger partial charge in [-0.3, -0.25) is 14.5 Å². The van der Waals surface area contributed by atoms with Gasteiger partial charge in [-0.2, -0.15) is 0 Å². The van der Waals surface area contributed by atoms with E-state index in [1.807, 2.05) is 0 Å². The van der Waals surface area contributed by atoms with E-state index in [2.05, 4.69) is 9.88 Å². The second kappa shape index (κ2) is 7.79. The summed E-state index contributed by atoms with van der Waals surface area (Å²) in [5.74, 6) is -1.32. The molecule has 1 aromatic heterocycles. The molecule has 25 heavy (non-hydrogen) atoms. The van der Waals surface area contributed by atoms with Crippen molar-refractivity contribution in [2.24, 2.45) is 5.92 Å². The predicted molar refractivity (Wildman–Crippen MR) is 91.1 cm³/mol. The van der Waals surface area contributed by atoms with Crippen LogP contribution in [0.25, 0.3) is 0 Å². The van der Waals surface area contributed by atoms with Crippen LogP contribution in [0.5, 0.6) is 0 Å². The number of amides is 1. The number of carbonyl (C=O) groups is 2. The molecule has 1 atom stereocenters. The smallest absolute Gasteiger partial charge is 0.309 e. The number of aliphatic carboxylic acids is 1. The van der Waals surface area contributed by atoms with E-state index in [0.29, 0.717) is 50.3 Å². The Morgan fingerprint density at radius 3 is 2.60 bits per heavy atom. The second-order valence-corrected chi connectivity index (χ2v) is 6.60. The van der Waals surface area contributed by atoms with Gasteiger partial charge in [0.05, 0.1) is 11.5 Å². The molecule has 8 heteroatoms. The van der Waals surface area contributed by atoms with Crippen molar-refractivity contribution in [1.29, 1.82) is 0 Å². The molecule has 3 rings (SSSR count). The van der Waals surface area contributed by atoms with Gasteiger partial charge in [-0.1, -0.05) is 0 Å². The summed E-state index contributed by atoms with van der Waals surface area (Å²) in [5.41, 5.74) is 5.99. The molecule has 8 nitrogen and oxygen atoms in total. The minimum atomic E-state index is -0.868. The van der Waals surface area contributed by atoms with Gasteiger partial charge >= 0.3 is 5.97 Å². The Bertz CT molecular complexity index is 616. The van der Waals surface area contributed by atoms with Crippen molar-refractivity contribution < 1.29 is 19.4 Å². The highest BCUT2D eigenvalue weighted by atomic mass is 16.5. The first-order valence-corrected chi connectivity index (χ1v) is 8.60. The Hall–Kier alpha value is -2.19. The van der Waals surface area contributed by atoms with Gasteiger partial charge in [0.15, 0.2) is 0 Å². The zero-order chi connectivity index (χ0) is 17.8. The van der Waals surface area contributed by atoms with E-state index in [9.17, 15) is 14.7 Å². The molecule has 1 amide bonds. The highest BCUT2D eigenvalue weighted by Crippen LogP contribution is 2.20. The predicted octanol–water partition coefficient (Wildman–Crippen LogP) is 0.301. The van der Waals surface area contributed by atoms with Crippen molar-refractivity contribution >= 4 is 17.7 Å². The van der Waals surface area contributed by atoms with E-state index < -0.39 is 11.9 Å². The zero-order valence-electron chi connectivity index (χ0n) is 14.1. The maximum Gasteiger partial charge on any atom is 0.309 e. The van der Waals surface area contributed by atoms with Crippen molar-refractivity contribution in [2.75, 3.05) is 45.1 Å². The molecule has 0 aliphatic carbocycles. The van der Waals surface area contributed by atoms with Crippen LogP contribution in [0.2, 0.25) is 0 Å². The lowest BCUT2D eigenvalue weighted by Crippen LogP contribution is -2.43. The van der Waals surface area contributed by atoms with E-state index in [-0.39, 0.29) is 12.5 Å². The Balaban J connectivity index is 1.73. The Morgan fingerprint density at radius 2 is 1.96 bits per heavy atom. The quantitative estimate of drug-likeness (QED) is 0.808.